The summed E-state index contributed by atoms with van der Waals surface area (Å²) >= 11 is 7.12. The van der Waals surface area contributed by atoms with Gasteiger partial charge in [-0.05, 0) is 75.9 Å². The lowest BCUT2D eigenvalue weighted by atomic mass is 9.98. The first-order valence-corrected chi connectivity index (χ1v) is 12.7. The second-order valence-electron chi connectivity index (χ2n) is 8.08. The van der Waals surface area contributed by atoms with Crippen molar-refractivity contribution in [3.63, 3.8) is 0 Å². The molecule has 0 radical (unpaired) electrons. The molecule has 1 unspecified atom stereocenters. The van der Waals surface area contributed by atoms with Gasteiger partial charge in [-0.1, -0.05) is 13.8 Å². The van der Waals surface area contributed by atoms with Crippen LogP contribution in [0.15, 0.2) is 52.1 Å². The summed E-state index contributed by atoms with van der Waals surface area (Å²) in [6.45, 7) is 6.60. The molecule has 1 atom stereocenters. The van der Waals surface area contributed by atoms with Crippen molar-refractivity contribution in [2.45, 2.75) is 46.3 Å². The van der Waals surface area contributed by atoms with E-state index in [4.69, 9.17) is 9.84 Å². The van der Waals surface area contributed by atoms with E-state index in [2.05, 4.69) is 48.8 Å². The largest absolute Gasteiger partial charge is 0.484 e. The van der Waals surface area contributed by atoms with Gasteiger partial charge in [0.2, 0.25) is 0 Å². The maximum atomic E-state index is 14.4. The number of pyridine rings is 1. The van der Waals surface area contributed by atoms with Crippen LogP contribution < -0.4 is 4.74 Å². The molecule has 4 aromatic rings. The van der Waals surface area contributed by atoms with E-state index in [-0.39, 0.29) is 5.82 Å². The Labute approximate surface area is 215 Å². The molecule has 4 rings (SSSR count). The molecule has 3 aromatic heterocycles. The highest BCUT2D eigenvalue weighted by molar-refractivity contribution is 9.10. The van der Waals surface area contributed by atoms with Crippen LogP contribution in [0.3, 0.4) is 0 Å². The zero-order valence-electron chi connectivity index (χ0n) is 19.5. The molecule has 6 nitrogen and oxygen atoms in total. The Bertz CT molecular complexity index is 1320. The third-order valence-corrected chi connectivity index (χ3v) is 7.01. The molecule has 0 aliphatic heterocycles. The molecule has 0 bridgehead atoms. The van der Waals surface area contributed by atoms with Gasteiger partial charge in [-0.3, -0.25) is 9.67 Å². The fourth-order valence-corrected chi connectivity index (χ4v) is 4.89. The zero-order chi connectivity index (χ0) is 24.4. The fourth-order valence-electron chi connectivity index (χ4n) is 3.98. The topological polar surface area (TPSA) is 57.8 Å². The number of hydrogen-bond acceptors (Lipinski definition) is 4. The number of benzene rings is 1. The van der Waals surface area contributed by atoms with Crippen LogP contribution >= 0.6 is 31.9 Å². The molecular weight excluding hydrogens is 565 g/mol. The maximum Gasteiger partial charge on any atom is 0.142 e. The highest BCUT2D eigenvalue weighted by atomic mass is 79.9. The average molecular weight is 591 g/mol. The fraction of sp³-hybridized carbons (Fsp3) is 0.320. The summed E-state index contributed by atoms with van der Waals surface area (Å²) in [5.74, 6) is 0.356. The lowest BCUT2D eigenvalue weighted by Gasteiger charge is -2.20. The lowest BCUT2D eigenvalue weighted by Crippen LogP contribution is -2.09. The van der Waals surface area contributed by atoms with Crippen LogP contribution in [0.1, 0.15) is 49.4 Å². The summed E-state index contributed by atoms with van der Waals surface area (Å²) in [4.78, 5) is 8.93. The van der Waals surface area contributed by atoms with Gasteiger partial charge in [0.05, 0.1) is 30.0 Å². The van der Waals surface area contributed by atoms with E-state index < -0.39 is 6.10 Å². The molecule has 0 saturated heterocycles. The Morgan fingerprint density at radius 1 is 1.09 bits per heavy atom. The third kappa shape index (κ3) is 5.10. The van der Waals surface area contributed by atoms with Crippen LogP contribution in [0.5, 0.6) is 5.75 Å². The molecule has 0 N–H and O–H groups in total. The van der Waals surface area contributed by atoms with Gasteiger partial charge in [0, 0.05) is 40.6 Å². The Kier molecular flexibility index (Phi) is 7.52. The molecule has 0 saturated carbocycles. The SMILES string of the molecule is CCc1ncc(Br)cc1OC(C)c1cc(F)ccc1-c1nn(C)cc1Cn1cnc(CC)c1Br. The van der Waals surface area contributed by atoms with Gasteiger partial charge < -0.3 is 9.30 Å². The molecular formula is C25H26Br2FN5O. The van der Waals surface area contributed by atoms with Crippen LogP contribution in [0.2, 0.25) is 0 Å². The maximum absolute atomic E-state index is 14.4. The van der Waals surface area contributed by atoms with Crippen LogP contribution in [-0.2, 0) is 26.4 Å². The number of ether oxygens (including phenoxy) is 1. The number of halogens is 3. The summed E-state index contributed by atoms with van der Waals surface area (Å²) in [6, 6.07) is 6.66. The van der Waals surface area contributed by atoms with Crippen molar-refractivity contribution < 1.29 is 9.13 Å². The first-order valence-electron chi connectivity index (χ1n) is 11.1. The molecule has 34 heavy (non-hydrogen) atoms. The molecule has 3 heterocycles. The second kappa shape index (κ2) is 10.4. The standard InChI is InChI=1S/C25H26Br2FN5O/c1-5-21-23(9-17(26)11-29-21)34-15(3)20-10-18(28)7-8-19(20)24-16(12-32(4)31-24)13-33-14-30-22(6-2)25(33)27/h7-12,14-15H,5-6,13H2,1-4H3. The van der Waals surface area contributed by atoms with Crippen molar-refractivity contribution in [2.75, 3.05) is 0 Å². The zero-order valence-corrected chi connectivity index (χ0v) is 22.7. The summed E-state index contributed by atoms with van der Waals surface area (Å²) in [7, 11) is 1.89. The van der Waals surface area contributed by atoms with Crippen molar-refractivity contribution in [3.8, 4) is 17.0 Å². The molecule has 178 valence electrons. The lowest BCUT2D eigenvalue weighted by molar-refractivity contribution is 0.223. The Morgan fingerprint density at radius 3 is 2.56 bits per heavy atom. The predicted molar refractivity (Wildman–Crippen MR) is 137 cm³/mol. The van der Waals surface area contributed by atoms with Crippen LogP contribution in [0.4, 0.5) is 4.39 Å². The van der Waals surface area contributed by atoms with Crippen molar-refractivity contribution in [1.82, 2.24) is 24.3 Å². The summed E-state index contributed by atoms with van der Waals surface area (Å²) in [5.41, 5.74) is 5.20. The second-order valence-corrected chi connectivity index (χ2v) is 9.75. The van der Waals surface area contributed by atoms with E-state index in [0.29, 0.717) is 12.3 Å². The molecule has 0 aliphatic rings. The molecule has 0 aliphatic carbocycles. The van der Waals surface area contributed by atoms with Gasteiger partial charge in [0.1, 0.15) is 22.3 Å². The highest BCUT2D eigenvalue weighted by Crippen LogP contribution is 2.35. The minimum absolute atomic E-state index is 0.320. The number of aryl methyl sites for hydroxylation is 3. The Morgan fingerprint density at radius 2 is 1.85 bits per heavy atom. The van der Waals surface area contributed by atoms with E-state index in [1.54, 1.807) is 16.9 Å². The van der Waals surface area contributed by atoms with Gasteiger partial charge >= 0.3 is 0 Å². The van der Waals surface area contributed by atoms with Gasteiger partial charge in [-0.25, -0.2) is 9.37 Å². The van der Waals surface area contributed by atoms with Crippen molar-refractivity contribution in [3.05, 3.63) is 80.4 Å². The highest BCUT2D eigenvalue weighted by Gasteiger charge is 2.21. The molecule has 0 amide bonds. The molecule has 9 heteroatoms. The van der Waals surface area contributed by atoms with Crippen LogP contribution in [0, 0.1) is 5.82 Å². The number of aromatic nitrogens is 5. The van der Waals surface area contributed by atoms with E-state index in [1.807, 2.05) is 44.1 Å². The van der Waals surface area contributed by atoms with E-state index >= 15 is 0 Å². The number of nitrogens with zero attached hydrogens (tertiary/aromatic N) is 5. The Balaban J connectivity index is 1.73. The number of hydrogen-bond donors (Lipinski definition) is 0. The van der Waals surface area contributed by atoms with Crippen LogP contribution in [-0.4, -0.2) is 24.3 Å². The Hall–Kier alpha value is -2.52. The van der Waals surface area contributed by atoms with Gasteiger partial charge in [0.15, 0.2) is 0 Å². The first-order chi connectivity index (χ1) is 16.3. The molecule has 0 fully saturated rings. The third-order valence-electron chi connectivity index (χ3n) is 5.67. The minimum atomic E-state index is -0.423. The minimum Gasteiger partial charge on any atom is -0.484 e. The first kappa shape index (κ1) is 24.6. The van der Waals surface area contributed by atoms with Crippen molar-refractivity contribution >= 4 is 31.9 Å². The van der Waals surface area contributed by atoms with Crippen molar-refractivity contribution in [2.24, 2.45) is 7.05 Å². The normalized spacial score (nSPS) is 12.2. The number of imidazole rings is 1. The molecule has 1 aromatic carbocycles. The van der Waals surface area contributed by atoms with E-state index in [0.717, 1.165) is 55.7 Å². The monoisotopic (exact) mass is 589 g/mol. The summed E-state index contributed by atoms with van der Waals surface area (Å²) in [5, 5.41) is 4.73. The smallest absolute Gasteiger partial charge is 0.142 e. The summed E-state index contributed by atoms with van der Waals surface area (Å²) in [6.07, 6.45) is 6.71. The van der Waals surface area contributed by atoms with Crippen molar-refractivity contribution in [1.29, 1.82) is 0 Å². The van der Waals surface area contributed by atoms with Crippen LogP contribution in [0.25, 0.3) is 11.3 Å². The van der Waals surface area contributed by atoms with Gasteiger partial charge in [-0.2, -0.15) is 5.10 Å². The van der Waals surface area contributed by atoms with E-state index in [1.165, 1.54) is 12.1 Å². The quantitative estimate of drug-likeness (QED) is 0.230. The predicted octanol–water partition coefficient (Wildman–Crippen LogP) is 6.66. The van der Waals surface area contributed by atoms with E-state index in [9.17, 15) is 4.39 Å². The van der Waals surface area contributed by atoms with Gasteiger partial charge in [-0.15, -0.1) is 0 Å². The number of rotatable bonds is 8. The molecule has 0 spiro atoms. The average Bonchev–Trinajstić information content (AvgIpc) is 3.35. The summed E-state index contributed by atoms with van der Waals surface area (Å²) < 4.78 is 26.3. The van der Waals surface area contributed by atoms with Gasteiger partial charge in [0.25, 0.3) is 0 Å².